The normalized spacial score (nSPS) is 28.2. The Kier molecular flexibility index (Phi) is 4.02. The van der Waals surface area contributed by atoms with E-state index in [0.29, 0.717) is 17.9 Å². The van der Waals surface area contributed by atoms with Gasteiger partial charge in [0, 0.05) is 10.5 Å². The molecule has 1 saturated carbocycles. The van der Waals surface area contributed by atoms with Crippen molar-refractivity contribution in [2.24, 2.45) is 5.92 Å². The summed E-state index contributed by atoms with van der Waals surface area (Å²) in [6.45, 7) is 0. The van der Waals surface area contributed by atoms with Gasteiger partial charge in [-0.3, -0.25) is 4.79 Å². The summed E-state index contributed by atoms with van der Waals surface area (Å²) in [5.41, 5.74) is 0.551. The Balaban J connectivity index is 1.95. The zero-order chi connectivity index (χ0) is 15.0. The summed E-state index contributed by atoms with van der Waals surface area (Å²) in [6.07, 6.45) is 4.77. The highest BCUT2D eigenvalue weighted by atomic mass is 79.9. The number of halogens is 1. The number of carboxylic acid groups (broad SMARTS) is 1. The highest BCUT2D eigenvalue weighted by Crippen LogP contribution is 2.41. The molecular weight excluding hydrogens is 334 g/mol. The van der Waals surface area contributed by atoms with Gasteiger partial charge in [0.1, 0.15) is 6.04 Å². The molecule has 1 aliphatic carbocycles. The minimum Gasteiger partial charge on any atom is -0.480 e. The summed E-state index contributed by atoms with van der Waals surface area (Å²) >= 11 is 3.39. The molecule has 4 nitrogen and oxygen atoms in total. The lowest BCUT2D eigenvalue weighted by molar-refractivity contribution is -0.141. The fourth-order valence-corrected chi connectivity index (χ4v) is 4.20. The van der Waals surface area contributed by atoms with Crippen LogP contribution in [0.25, 0.3) is 0 Å². The molecule has 2 fully saturated rings. The van der Waals surface area contributed by atoms with E-state index in [4.69, 9.17) is 0 Å². The maximum Gasteiger partial charge on any atom is 0.326 e. The molecule has 1 aliphatic heterocycles. The highest BCUT2D eigenvalue weighted by Gasteiger charge is 2.47. The van der Waals surface area contributed by atoms with Crippen LogP contribution in [0.15, 0.2) is 28.7 Å². The van der Waals surface area contributed by atoms with Crippen LogP contribution < -0.4 is 0 Å². The molecule has 1 heterocycles. The zero-order valence-electron chi connectivity index (χ0n) is 11.7. The lowest BCUT2D eigenvalue weighted by Gasteiger charge is -2.33. The average Bonchev–Trinajstić information content (AvgIpc) is 2.86. The van der Waals surface area contributed by atoms with Gasteiger partial charge in [0.15, 0.2) is 0 Å². The van der Waals surface area contributed by atoms with Crippen LogP contribution in [0.5, 0.6) is 0 Å². The SMILES string of the molecule is O=C(O)C1CC2CCCCC2N1C(=O)c1ccccc1Br. The van der Waals surface area contributed by atoms with E-state index in [2.05, 4.69) is 15.9 Å². The van der Waals surface area contributed by atoms with Gasteiger partial charge in [-0.2, -0.15) is 0 Å². The second kappa shape index (κ2) is 5.79. The second-order valence-corrected chi connectivity index (χ2v) is 6.75. The number of nitrogens with zero attached hydrogens (tertiary/aromatic N) is 1. The van der Waals surface area contributed by atoms with Gasteiger partial charge >= 0.3 is 5.97 Å². The third-order valence-electron chi connectivity index (χ3n) is 4.71. The molecule has 21 heavy (non-hydrogen) atoms. The second-order valence-electron chi connectivity index (χ2n) is 5.89. The molecule has 0 spiro atoms. The largest absolute Gasteiger partial charge is 0.480 e. The van der Waals surface area contributed by atoms with Crippen LogP contribution in [0.2, 0.25) is 0 Å². The third kappa shape index (κ3) is 2.59. The van der Waals surface area contributed by atoms with Gasteiger partial charge in [0.05, 0.1) is 5.56 Å². The molecule has 1 aromatic carbocycles. The topological polar surface area (TPSA) is 57.6 Å². The van der Waals surface area contributed by atoms with Crippen molar-refractivity contribution in [3.05, 3.63) is 34.3 Å². The number of amides is 1. The van der Waals surface area contributed by atoms with Crippen molar-refractivity contribution in [1.82, 2.24) is 4.90 Å². The number of hydrogen-bond donors (Lipinski definition) is 1. The van der Waals surface area contributed by atoms with E-state index in [0.717, 1.165) is 30.2 Å². The van der Waals surface area contributed by atoms with Gasteiger partial charge in [-0.25, -0.2) is 4.79 Å². The third-order valence-corrected chi connectivity index (χ3v) is 5.40. The number of likely N-dealkylation sites (tertiary alicyclic amines) is 1. The molecule has 112 valence electrons. The Morgan fingerprint density at radius 3 is 2.62 bits per heavy atom. The van der Waals surface area contributed by atoms with E-state index in [1.165, 1.54) is 0 Å². The van der Waals surface area contributed by atoms with Crippen LogP contribution in [0.3, 0.4) is 0 Å². The maximum atomic E-state index is 12.9. The van der Waals surface area contributed by atoms with Crippen LogP contribution in [0.4, 0.5) is 0 Å². The summed E-state index contributed by atoms with van der Waals surface area (Å²) in [7, 11) is 0. The van der Waals surface area contributed by atoms with Crippen LogP contribution in [-0.4, -0.2) is 34.0 Å². The maximum absolute atomic E-state index is 12.9. The summed E-state index contributed by atoms with van der Waals surface area (Å²) < 4.78 is 0.721. The smallest absolute Gasteiger partial charge is 0.326 e. The molecule has 1 aromatic rings. The first-order valence-electron chi connectivity index (χ1n) is 7.39. The number of benzene rings is 1. The van der Waals surface area contributed by atoms with E-state index < -0.39 is 12.0 Å². The summed E-state index contributed by atoms with van der Waals surface area (Å²) in [6, 6.07) is 6.63. The number of carboxylic acids is 1. The lowest BCUT2D eigenvalue weighted by atomic mass is 9.84. The quantitative estimate of drug-likeness (QED) is 0.889. The van der Waals surface area contributed by atoms with Gasteiger partial charge < -0.3 is 10.0 Å². The van der Waals surface area contributed by atoms with Crippen molar-refractivity contribution in [3.63, 3.8) is 0 Å². The van der Waals surface area contributed by atoms with Gasteiger partial charge in [-0.1, -0.05) is 25.0 Å². The Hall–Kier alpha value is -1.36. The monoisotopic (exact) mass is 351 g/mol. The molecule has 1 N–H and O–H groups in total. The molecule has 1 saturated heterocycles. The zero-order valence-corrected chi connectivity index (χ0v) is 13.3. The van der Waals surface area contributed by atoms with Crippen molar-refractivity contribution in [1.29, 1.82) is 0 Å². The van der Waals surface area contributed by atoms with Crippen molar-refractivity contribution in [2.75, 3.05) is 0 Å². The van der Waals surface area contributed by atoms with Crippen LogP contribution in [0, 0.1) is 5.92 Å². The van der Waals surface area contributed by atoms with E-state index in [9.17, 15) is 14.7 Å². The number of rotatable bonds is 2. The van der Waals surface area contributed by atoms with Gasteiger partial charge in [0.2, 0.25) is 0 Å². The minimum atomic E-state index is -0.884. The molecule has 3 rings (SSSR count). The number of carbonyl (C=O) groups excluding carboxylic acids is 1. The Labute approximate surface area is 132 Å². The average molecular weight is 352 g/mol. The van der Waals surface area contributed by atoms with E-state index in [-0.39, 0.29) is 11.9 Å². The molecule has 0 radical (unpaired) electrons. The first kappa shape index (κ1) is 14.6. The molecule has 0 aromatic heterocycles. The number of aliphatic carboxylic acids is 1. The first-order chi connectivity index (χ1) is 10.1. The molecule has 5 heteroatoms. The van der Waals surface area contributed by atoms with Crippen LogP contribution >= 0.6 is 15.9 Å². The van der Waals surface area contributed by atoms with Crippen LogP contribution in [0.1, 0.15) is 42.5 Å². The standard InChI is InChI=1S/C16H18BrNO3/c17-12-7-3-2-6-11(12)15(19)18-13-8-4-1-5-10(13)9-14(18)16(20)21/h2-3,6-7,10,13-14H,1,4-5,8-9H2,(H,20,21). The Bertz CT molecular complexity index is 574. The van der Waals surface area contributed by atoms with E-state index >= 15 is 0 Å². The number of fused-ring (bicyclic) bond motifs is 1. The van der Waals surface area contributed by atoms with E-state index in [1.807, 2.05) is 18.2 Å². The first-order valence-corrected chi connectivity index (χ1v) is 8.19. The van der Waals surface area contributed by atoms with Crippen molar-refractivity contribution < 1.29 is 14.7 Å². The Morgan fingerprint density at radius 1 is 1.19 bits per heavy atom. The summed E-state index contributed by atoms with van der Waals surface area (Å²) in [5.74, 6) is -0.708. The minimum absolute atomic E-state index is 0.0828. The predicted octanol–water partition coefficient (Wildman–Crippen LogP) is 3.31. The number of carbonyl (C=O) groups is 2. The van der Waals surface area contributed by atoms with Gasteiger partial charge in [-0.05, 0) is 53.2 Å². The molecule has 1 amide bonds. The predicted molar refractivity (Wildman–Crippen MR) is 82.1 cm³/mol. The molecule has 3 unspecified atom stereocenters. The molecule has 0 bridgehead atoms. The lowest BCUT2D eigenvalue weighted by Crippen LogP contribution is -2.46. The number of hydrogen-bond acceptors (Lipinski definition) is 2. The molecule has 2 aliphatic rings. The fraction of sp³-hybridized carbons (Fsp3) is 0.500. The van der Waals surface area contributed by atoms with Gasteiger partial charge in [0.25, 0.3) is 5.91 Å². The fourth-order valence-electron chi connectivity index (χ4n) is 3.75. The highest BCUT2D eigenvalue weighted by molar-refractivity contribution is 9.10. The molecule has 3 atom stereocenters. The Morgan fingerprint density at radius 2 is 1.90 bits per heavy atom. The summed E-state index contributed by atoms with van der Waals surface area (Å²) in [4.78, 5) is 26.1. The van der Waals surface area contributed by atoms with Crippen molar-refractivity contribution in [3.8, 4) is 0 Å². The van der Waals surface area contributed by atoms with Crippen molar-refractivity contribution >= 4 is 27.8 Å². The summed E-state index contributed by atoms with van der Waals surface area (Å²) in [5, 5.41) is 9.49. The molecular formula is C16H18BrNO3. The van der Waals surface area contributed by atoms with Gasteiger partial charge in [-0.15, -0.1) is 0 Å². The van der Waals surface area contributed by atoms with Crippen molar-refractivity contribution in [2.45, 2.75) is 44.2 Å². The van der Waals surface area contributed by atoms with E-state index in [1.54, 1.807) is 11.0 Å². The van der Waals surface area contributed by atoms with Crippen LogP contribution in [-0.2, 0) is 4.79 Å².